The first-order valence-electron chi connectivity index (χ1n) is 6.36. The Labute approximate surface area is 116 Å². The number of hydrogen-bond donors (Lipinski definition) is 1. The smallest absolute Gasteiger partial charge is 0.267 e. The van der Waals surface area contributed by atoms with Crippen molar-refractivity contribution in [2.75, 3.05) is 6.61 Å². The van der Waals surface area contributed by atoms with Crippen LogP contribution in [0, 0.1) is 0 Å². The molecule has 1 heterocycles. The van der Waals surface area contributed by atoms with E-state index in [0.717, 1.165) is 6.29 Å². The van der Waals surface area contributed by atoms with Gasteiger partial charge in [-0.25, -0.2) is 0 Å². The zero-order chi connectivity index (χ0) is 14.4. The van der Waals surface area contributed by atoms with Gasteiger partial charge in [-0.15, -0.1) is 0 Å². The first kappa shape index (κ1) is 14.0. The van der Waals surface area contributed by atoms with Gasteiger partial charge in [0.25, 0.3) is 5.91 Å². The Morgan fingerprint density at radius 3 is 2.55 bits per heavy atom. The number of piperidine rings is 1. The highest BCUT2D eigenvalue weighted by atomic mass is 16.5. The number of aldehydes is 1. The minimum Gasteiger partial charge on any atom is -0.493 e. The van der Waals surface area contributed by atoms with Crippen molar-refractivity contribution in [3.05, 3.63) is 24.3 Å². The van der Waals surface area contributed by atoms with Crippen LogP contribution in [0.3, 0.4) is 0 Å². The van der Waals surface area contributed by atoms with E-state index in [9.17, 15) is 14.4 Å². The van der Waals surface area contributed by atoms with Crippen LogP contribution in [0.4, 0.5) is 0 Å². The molecule has 106 valence electrons. The Balaban J connectivity index is 1.88. The number of ether oxygens (including phenoxy) is 2. The first-order chi connectivity index (χ1) is 9.69. The van der Waals surface area contributed by atoms with Gasteiger partial charge in [0.1, 0.15) is 17.8 Å². The molecule has 0 radical (unpaired) electrons. The Kier molecular flexibility index (Phi) is 4.70. The van der Waals surface area contributed by atoms with E-state index >= 15 is 0 Å². The summed E-state index contributed by atoms with van der Waals surface area (Å²) in [7, 11) is 0. The average molecular weight is 277 g/mol. The van der Waals surface area contributed by atoms with Gasteiger partial charge in [0.05, 0.1) is 6.61 Å². The van der Waals surface area contributed by atoms with Crippen molar-refractivity contribution in [3.63, 3.8) is 0 Å². The molecule has 0 bridgehead atoms. The Hall–Kier alpha value is -2.37. The molecule has 2 rings (SSSR count). The highest BCUT2D eigenvalue weighted by Gasteiger charge is 2.28. The highest BCUT2D eigenvalue weighted by Crippen LogP contribution is 2.20. The molecule has 1 fully saturated rings. The third-order valence-corrected chi connectivity index (χ3v) is 2.80. The van der Waals surface area contributed by atoms with Gasteiger partial charge in [0.2, 0.25) is 5.91 Å². The van der Waals surface area contributed by atoms with Gasteiger partial charge in [0.15, 0.2) is 6.10 Å². The number of rotatable bonds is 6. The molecule has 1 atom stereocenters. The summed E-state index contributed by atoms with van der Waals surface area (Å²) in [5.41, 5.74) is 0. The van der Waals surface area contributed by atoms with E-state index in [1.165, 1.54) is 0 Å². The van der Waals surface area contributed by atoms with Crippen molar-refractivity contribution in [1.82, 2.24) is 5.32 Å². The van der Waals surface area contributed by atoms with Crippen LogP contribution in [0.15, 0.2) is 24.3 Å². The largest absolute Gasteiger partial charge is 0.493 e. The molecule has 1 aromatic carbocycles. The van der Waals surface area contributed by atoms with Crippen LogP contribution in [0.2, 0.25) is 0 Å². The predicted octanol–water partition coefficient (Wildman–Crippen LogP) is 0.838. The fraction of sp³-hybridized carbons (Fsp3) is 0.357. The van der Waals surface area contributed by atoms with Gasteiger partial charge < -0.3 is 14.3 Å². The van der Waals surface area contributed by atoms with Crippen LogP contribution in [0.1, 0.15) is 19.3 Å². The molecule has 1 aliphatic rings. The van der Waals surface area contributed by atoms with E-state index < -0.39 is 12.0 Å². The Morgan fingerprint density at radius 1 is 1.20 bits per heavy atom. The second-order valence-corrected chi connectivity index (χ2v) is 4.33. The average Bonchev–Trinajstić information content (AvgIpc) is 2.44. The molecule has 1 aliphatic heterocycles. The van der Waals surface area contributed by atoms with Gasteiger partial charge >= 0.3 is 0 Å². The highest BCUT2D eigenvalue weighted by molar-refractivity contribution is 5.99. The van der Waals surface area contributed by atoms with Gasteiger partial charge in [0, 0.05) is 19.3 Å². The summed E-state index contributed by atoms with van der Waals surface area (Å²) in [6.45, 7) is 0.330. The molecule has 1 aromatic rings. The maximum Gasteiger partial charge on any atom is 0.267 e. The molecule has 0 aliphatic carbocycles. The zero-order valence-electron chi connectivity index (χ0n) is 10.8. The topological polar surface area (TPSA) is 81.7 Å². The number of carbonyl (C=O) groups is 3. The van der Waals surface area contributed by atoms with Crippen molar-refractivity contribution in [2.24, 2.45) is 0 Å². The molecule has 0 spiro atoms. The monoisotopic (exact) mass is 277 g/mol. The Morgan fingerprint density at radius 2 is 1.90 bits per heavy atom. The summed E-state index contributed by atoms with van der Waals surface area (Å²) in [5.74, 6) is 0.478. The minimum absolute atomic E-state index is 0.270. The minimum atomic E-state index is -0.644. The number of amides is 2. The van der Waals surface area contributed by atoms with Crippen molar-refractivity contribution in [2.45, 2.75) is 25.4 Å². The SMILES string of the molecule is O=CCCOc1ccc(OC2CCC(=O)NC2=O)cc1. The van der Waals surface area contributed by atoms with E-state index in [4.69, 9.17) is 9.47 Å². The summed E-state index contributed by atoms with van der Waals surface area (Å²) in [6.07, 6.45) is 1.15. The van der Waals surface area contributed by atoms with Gasteiger partial charge in [-0.2, -0.15) is 0 Å². The maximum atomic E-state index is 11.5. The van der Waals surface area contributed by atoms with Gasteiger partial charge in [-0.05, 0) is 24.3 Å². The molecule has 0 aromatic heterocycles. The van der Waals surface area contributed by atoms with Crippen LogP contribution in [-0.2, 0) is 14.4 Å². The van der Waals surface area contributed by atoms with Crippen molar-refractivity contribution in [1.29, 1.82) is 0 Å². The molecule has 1 unspecified atom stereocenters. The molecule has 2 amide bonds. The molecule has 6 heteroatoms. The predicted molar refractivity (Wildman–Crippen MR) is 69.4 cm³/mol. The summed E-state index contributed by atoms with van der Waals surface area (Å²) < 4.78 is 10.8. The third-order valence-electron chi connectivity index (χ3n) is 2.80. The van der Waals surface area contributed by atoms with Crippen molar-refractivity contribution < 1.29 is 23.9 Å². The molecular weight excluding hydrogens is 262 g/mol. The first-order valence-corrected chi connectivity index (χ1v) is 6.36. The van der Waals surface area contributed by atoms with E-state index in [1.54, 1.807) is 24.3 Å². The summed E-state index contributed by atoms with van der Waals surface area (Å²) >= 11 is 0. The fourth-order valence-electron chi connectivity index (χ4n) is 1.79. The van der Waals surface area contributed by atoms with Crippen LogP contribution in [0.25, 0.3) is 0 Å². The maximum absolute atomic E-state index is 11.5. The van der Waals surface area contributed by atoms with Crippen LogP contribution in [-0.4, -0.2) is 30.8 Å². The summed E-state index contributed by atoms with van der Waals surface area (Å²) in [6, 6.07) is 6.76. The quantitative estimate of drug-likeness (QED) is 0.473. The normalized spacial score (nSPS) is 18.3. The second kappa shape index (κ2) is 6.70. The fourth-order valence-corrected chi connectivity index (χ4v) is 1.79. The van der Waals surface area contributed by atoms with Crippen LogP contribution >= 0.6 is 0 Å². The number of imide groups is 1. The zero-order valence-corrected chi connectivity index (χ0v) is 10.8. The number of nitrogens with one attached hydrogen (secondary N) is 1. The van der Waals surface area contributed by atoms with E-state index in [-0.39, 0.29) is 12.3 Å². The van der Waals surface area contributed by atoms with Crippen LogP contribution < -0.4 is 14.8 Å². The van der Waals surface area contributed by atoms with Crippen molar-refractivity contribution >= 4 is 18.1 Å². The van der Waals surface area contributed by atoms with E-state index in [0.29, 0.717) is 30.9 Å². The molecule has 0 saturated carbocycles. The van der Waals surface area contributed by atoms with Gasteiger partial charge in [-0.1, -0.05) is 0 Å². The lowest BCUT2D eigenvalue weighted by molar-refractivity contribution is -0.138. The molecule has 20 heavy (non-hydrogen) atoms. The van der Waals surface area contributed by atoms with Gasteiger partial charge in [-0.3, -0.25) is 14.9 Å². The number of hydrogen-bond acceptors (Lipinski definition) is 5. The lowest BCUT2D eigenvalue weighted by atomic mass is 10.1. The molecular formula is C14H15NO5. The van der Waals surface area contributed by atoms with E-state index in [1.807, 2.05) is 0 Å². The number of benzene rings is 1. The lowest BCUT2D eigenvalue weighted by Crippen LogP contribution is -2.46. The number of carbonyl (C=O) groups excluding carboxylic acids is 3. The van der Waals surface area contributed by atoms with Crippen LogP contribution in [0.5, 0.6) is 11.5 Å². The second-order valence-electron chi connectivity index (χ2n) is 4.33. The Bertz CT molecular complexity index is 497. The molecule has 1 saturated heterocycles. The van der Waals surface area contributed by atoms with E-state index in [2.05, 4.69) is 5.32 Å². The molecule has 6 nitrogen and oxygen atoms in total. The summed E-state index contributed by atoms with van der Waals surface area (Å²) in [5, 5.41) is 2.23. The summed E-state index contributed by atoms with van der Waals surface area (Å²) in [4.78, 5) is 32.7. The van der Waals surface area contributed by atoms with Crippen molar-refractivity contribution in [3.8, 4) is 11.5 Å². The third kappa shape index (κ3) is 3.81. The standard InChI is InChI=1S/C14H15NO5/c16-8-1-9-19-10-2-4-11(5-3-10)20-12-6-7-13(17)15-14(12)18/h2-5,8,12H,1,6-7,9H2,(H,15,17,18). The molecule has 1 N–H and O–H groups in total. The lowest BCUT2D eigenvalue weighted by Gasteiger charge is -2.21.